The van der Waals surface area contributed by atoms with Gasteiger partial charge in [0.2, 0.25) is 5.91 Å². The van der Waals surface area contributed by atoms with Gasteiger partial charge in [0.25, 0.3) is 0 Å². The van der Waals surface area contributed by atoms with Crippen LogP contribution in [0.4, 0.5) is 5.69 Å². The summed E-state index contributed by atoms with van der Waals surface area (Å²) in [7, 11) is 0. The lowest BCUT2D eigenvalue weighted by Gasteiger charge is -2.32. The molecule has 2 aliphatic heterocycles. The van der Waals surface area contributed by atoms with Gasteiger partial charge < -0.3 is 10.2 Å². The van der Waals surface area contributed by atoms with Gasteiger partial charge in [-0.05, 0) is 37.6 Å². The molecule has 1 aromatic carbocycles. The molecule has 1 N–H and O–H groups in total. The number of carbonyl (C=O) groups excluding carboxylic acids is 1. The van der Waals surface area contributed by atoms with Crippen molar-refractivity contribution < 1.29 is 4.79 Å². The molecule has 0 aromatic heterocycles. The van der Waals surface area contributed by atoms with Crippen LogP contribution in [-0.2, 0) is 4.79 Å². The van der Waals surface area contributed by atoms with Crippen LogP contribution in [0.1, 0.15) is 18.4 Å². The molecule has 1 aromatic rings. The largest absolute Gasteiger partial charge is 0.316 e. The molecule has 0 saturated carbocycles. The van der Waals surface area contributed by atoms with E-state index in [0.717, 1.165) is 25.2 Å². The van der Waals surface area contributed by atoms with Crippen molar-refractivity contribution >= 4 is 11.6 Å². The number of amides is 1. The quantitative estimate of drug-likeness (QED) is 0.796. The summed E-state index contributed by atoms with van der Waals surface area (Å²) in [5.41, 5.74) is 2.29. The van der Waals surface area contributed by atoms with Crippen molar-refractivity contribution in [2.75, 3.05) is 18.0 Å². The first-order valence-corrected chi connectivity index (χ1v) is 6.35. The molecular formula is C14H18N2O. The molecule has 0 spiro atoms. The van der Waals surface area contributed by atoms with Crippen molar-refractivity contribution in [2.45, 2.75) is 25.8 Å². The maximum absolute atomic E-state index is 12.2. The first-order chi connectivity index (χ1) is 8.25. The first-order valence-electron chi connectivity index (χ1n) is 6.35. The van der Waals surface area contributed by atoms with Crippen molar-refractivity contribution in [1.29, 1.82) is 0 Å². The Balaban J connectivity index is 1.93. The predicted octanol–water partition coefficient (Wildman–Crippen LogP) is 1.71. The molecular weight excluding hydrogens is 212 g/mol. The summed E-state index contributed by atoms with van der Waals surface area (Å²) >= 11 is 0. The van der Waals surface area contributed by atoms with Gasteiger partial charge in [-0.25, -0.2) is 0 Å². The van der Waals surface area contributed by atoms with Crippen LogP contribution in [-0.4, -0.2) is 25.0 Å². The average Bonchev–Trinajstić information content (AvgIpc) is 2.64. The fourth-order valence-electron chi connectivity index (χ4n) is 3.08. The second-order valence-corrected chi connectivity index (χ2v) is 5.13. The molecule has 17 heavy (non-hydrogen) atoms. The van der Waals surface area contributed by atoms with E-state index in [1.165, 1.54) is 5.56 Å². The molecule has 2 aliphatic rings. The van der Waals surface area contributed by atoms with Gasteiger partial charge in [0.15, 0.2) is 0 Å². The molecule has 0 aliphatic carbocycles. The van der Waals surface area contributed by atoms with Crippen LogP contribution in [0.15, 0.2) is 24.3 Å². The van der Waals surface area contributed by atoms with Crippen LogP contribution in [0.3, 0.4) is 0 Å². The topological polar surface area (TPSA) is 32.3 Å². The minimum atomic E-state index is 0.286. The van der Waals surface area contributed by atoms with E-state index in [9.17, 15) is 4.79 Å². The van der Waals surface area contributed by atoms with Crippen molar-refractivity contribution in [2.24, 2.45) is 5.92 Å². The van der Waals surface area contributed by atoms with E-state index in [-0.39, 0.29) is 5.91 Å². The Kier molecular flexibility index (Phi) is 2.63. The molecule has 90 valence electrons. The third-order valence-electron chi connectivity index (χ3n) is 3.88. The summed E-state index contributed by atoms with van der Waals surface area (Å²) in [6.45, 7) is 4.08. The Morgan fingerprint density at radius 1 is 1.41 bits per heavy atom. The highest BCUT2D eigenvalue weighted by molar-refractivity contribution is 5.96. The Morgan fingerprint density at radius 3 is 3.12 bits per heavy atom. The van der Waals surface area contributed by atoms with E-state index < -0.39 is 0 Å². The number of fused-ring (bicyclic) bond motifs is 1. The highest BCUT2D eigenvalue weighted by atomic mass is 16.2. The average molecular weight is 230 g/mol. The van der Waals surface area contributed by atoms with E-state index >= 15 is 0 Å². The second-order valence-electron chi connectivity index (χ2n) is 5.13. The van der Waals surface area contributed by atoms with Crippen molar-refractivity contribution in [3.05, 3.63) is 29.8 Å². The second kappa shape index (κ2) is 4.15. The van der Waals surface area contributed by atoms with Crippen LogP contribution in [0, 0.1) is 12.8 Å². The number of rotatable bonds is 1. The number of nitrogens with zero attached hydrogens (tertiary/aromatic N) is 1. The molecule has 0 radical (unpaired) electrons. The normalized spacial score (nSPS) is 28.3. The molecule has 2 unspecified atom stereocenters. The number of piperidine rings is 1. The third-order valence-corrected chi connectivity index (χ3v) is 3.88. The Hall–Kier alpha value is -1.35. The Labute approximate surface area is 102 Å². The Bertz CT molecular complexity index is 444. The maximum atomic E-state index is 12.2. The summed E-state index contributed by atoms with van der Waals surface area (Å²) in [6.07, 6.45) is 1.77. The molecule has 3 rings (SSSR count). The van der Waals surface area contributed by atoms with E-state index in [0.29, 0.717) is 18.4 Å². The zero-order chi connectivity index (χ0) is 11.8. The van der Waals surface area contributed by atoms with Gasteiger partial charge in [0, 0.05) is 30.6 Å². The minimum Gasteiger partial charge on any atom is -0.316 e. The SMILES string of the molecule is Cc1cccc(N2C(=O)CC3CNCCC32)c1. The molecule has 2 atom stereocenters. The molecule has 3 heteroatoms. The molecule has 2 fully saturated rings. The number of hydrogen-bond donors (Lipinski definition) is 1. The third kappa shape index (κ3) is 1.84. The van der Waals surface area contributed by atoms with Crippen molar-refractivity contribution in [1.82, 2.24) is 5.32 Å². The number of aryl methyl sites for hydroxylation is 1. The van der Waals surface area contributed by atoms with E-state index in [1.807, 2.05) is 11.0 Å². The summed E-state index contributed by atoms with van der Waals surface area (Å²) in [4.78, 5) is 14.2. The first kappa shape index (κ1) is 10.8. The summed E-state index contributed by atoms with van der Waals surface area (Å²) in [6, 6.07) is 8.68. The standard InChI is InChI=1S/C14H18N2O/c1-10-3-2-4-12(7-10)16-13-5-6-15-9-11(13)8-14(16)17/h2-4,7,11,13,15H,5-6,8-9H2,1H3. The van der Waals surface area contributed by atoms with Crippen molar-refractivity contribution in [3.8, 4) is 0 Å². The van der Waals surface area contributed by atoms with Crippen LogP contribution in [0.5, 0.6) is 0 Å². The van der Waals surface area contributed by atoms with E-state index in [4.69, 9.17) is 0 Å². The lowest BCUT2D eigenvalue weighted by Crippen LogP contribution is -2.44. The van der Waals surface area contributed by atoms with Gasteiger partial charge in [0.1, 0.15) is 0 Å². The van der Waals surface area contributed by atoms with E-state index in [1.54, 1.807) is 0 Å². The van der Waals surface area contributed by atoms with Crippen LogP contribution >= 0.6 is 0 Å². The zero-order valence-corrected chi connectivity index (χ0v) is 10.1. The van der Waals surface area contributed by atoms with Crippen LogP contribution in [0.2, 0.25) is 0 Å². The fraction of sp³-hybridized carbons (Fsp3) is 0.500. The minimum absolute atomic E-state index is 0.286. The number of anilines is 1. The van der Waals surface area contributed by atoms with Gasteiger partial charge >= 0.3 is 0 Å². The summed E-state index contributed by atoms with van der Waals surface area (Å²) in [5, 5.41) is 3.38. The number of nitrogens with one attached hydrogen (secondary N) is 1. The monoisotopic (exact) mass is 230 g/mol. The Morgan fingerprint density at radius 2 is 2.29 bits per heavy atom. The molecule has 0 bridgehead atoms. The van der Waals surface area contributed by atoms with Gasteiger partial charge in [-0.3, -0.25) is 4.79 Å². The smallest absolute Gasteiger partial charge is 0.227 e. The maximum Gasteiger partial charge on any atom is 0.227 e. The van der Waals surface area contributed by atoms with Gasteiger partial charge in [-0.2, -0.15) is 0 Å². The zero-order valence-electron chi connectivity index (χ0n) is 10.1. The highest BCUT2D eigenvalue weighted by Crippen LogP contribution is 2.34. The lowest BCUT2D eigenvalue weighted by atomic mass is 9.94. The fourth-order valence-corrected chi connectivity index (χ4v) is 3.08. The number of hydrogen-bond acceptors (Lipinski definition) is 2. The van der Waals surface area contributed by atoms with Gasteiger partial charge in [-0.15, -0.1) is 0 Å². The van der Waals surface area contributed by atoms with E-state index in [2.05, 4.69) is 30.4 Å². The molecule has 2 heterocycles. The van der Waals surface area contributed by atoms with Gasteiger partial charge in [-0.1, -0.05) is 12.1 Å². The highest BCUT2D eigenvalue weighted by Gasteiger charge is 2.41. The number of carbonyl (C=O) groups is 1. The van der Waals surface area contributed by atoms with Gasteiger partial charge in [0.05, 0.1) is 0 Å². The van der Waals surface area contributed by atoms with Crippen molar-refractivity contribution in [3.63, 3.8) is 0 Å². The summed E-state index contributed by atoms with van der Waals surface area (Å²) < 4.78 is 0. The predicted molar refractivity (Wildman–Crippen MR) is 68.0 cm³/mol. The molecule has 1 amide bonds. The van der Waals surface area contributed by atoms with Crippen LogP contribution < -0.4 is 10.2 Å². The molecule has 3 nitrogen and oxygen atoms in total. The lowest BCUT2D eigenvalue weighted by molar-refractivity contribution is -0.117. The molecule has 2 saturated heterocycles. The van der Waals surface area contributed by atoms with Crippen LogP contribution in [0.25, 0.3) is 0 Å². The number of benzene rings is 1. The summed E-state index contributed by atoms with van der Waals surface area (Å²) in [5.74, 6) is 0.783.